The van der Waals surface area contributed by atoms with Gasteiger partial charge in [-0.2, -0.15) is 0 Å². The number of nitrogens with one attached hydrogen (secondary N) is 1. The van der Waals surface area contributed by atoms with Gasteiger partial charge >= 0.3 is 0 Å². The number of benzene rings is 2. The molecule has 1 heterocycles. The number of thioether (sulfide) groups is 1. The third-order valence-electron chi connectivity index (χ3n) is 4.35. The van der Waals surface area contributed by atoms with E-state index in [1.807, 2.05) is 60.7 Å². The average Bonchev–Trinajstić information content (AvgIpc) is 2.63. The molecule has 2 aromatic carbocycles. The number of amides is 2. The average molecular weight is 339 g/mol. The maximum atomic E-state index is 13.0. The fraction of sp³-hybridized carbons (Fsp3) is 0.300. The molecule has 3 rings (SSSR count). The van der Waals surface area contributed by atoms with Crippen LogP contribution in [0.15, 0.2) is 60.7 Å². The van der Waals surface area contributed by atoms with Gasteiger partial charge < -0.3 is 0 Å². The molecule has 0 aromatic heterocycles. The lowest BCUT2D eigenvalue weighted by molar-refractivity contribution is -0.132. The summed E-state index contributed by atoms with van der Waals surface area (Å²) in [7, 11) is 0. The van der Waals surface area contributed by atoms with Gasteiger partial charge in [0.25, 0.3) is 5.91 Å². The molecule has 1 aliphatic rings. The van der Waals surface area contributed by atoms with Gasteiger partial charge in [0.1, 0.15) is 4.75 Å². The van der Waals surface area contributed by atoms with Gasteiger partial charge in [-0.25, -0.2) is 0 Å². The summed E-state index contributed by atoms with van der Waals surface area (Å²) in [5.41, 5.74) is 1.82. The SMILES string of the molecule is CCCCC1SC(c2ccccc2)(c2ccccc2)C(=O)NC1=O. The van der Waals surface area contributed by atoms with Crippen molar-refractivity contribution in [1.29, 1.82) is 0 Å². The maximum absolute atomic E-state index is 13.0. The Balaban J connectivity index is 2.10. The fourth-order valence-electron chi connectivity index (χ4n) is 3.09. The lowest BCUT2D eigenvalue weighted by Gasteiger charge is -2.39. The zero-order valence-electron chi connectivity index (χ0n) is 13.7. The second kappa shape index (κ2) is 7.22. The van der Waals surface area contributed by atoms with Crippen LogP contribution in [0.2, 0.25) is 0 Å². The molecule has 1 N–H and O–H groups in total. The molecule has 1 saturated heterocycles. The third-order valence-corrected chi connectivity index (χ3v) is 6.09. The van der Waals surface area contributed by atoms with E-state index < -0.39 is 4.75 Å². The Bertz CT molecular complexity index is 675. The summed E-state index contributed by atoms with van der Waals surface area (Å²) in [5, 5.41) is 2.41. The Labute approximate surface area is 146 Å². The van der Waals surface area contributed by atoms with E-state index in [9.17, 15) is 9.59 Å². The van der Waals surface area contributed by atoms with Crippen LogP contribution in [0.4, 0.5) is 0 Å². The van der Waals surface area contributed by atoms with Gasteiger partial charge in [0.15, 0.2) is 0 Å². The highest BCUT2D eigenvalue weighted by Crippen LogP contribution is 2.48. The molecule has 1 aliphatic heterocycles. The summed E-state index contributed by atoms with van der Waals surface area (Å²) in [6.07, 6.45) is 2.78. The molecular formula is C20H21NO2S. The third kappa shape index (κ3) is 2.98. The van der Waals surface area contributed by atoms with Crippen LogP contribution < -0.4 is 5.32 Å². The van der Waals surface area contributed by atoms with Gasteiger partial charge in [0.05, 0.1) is 5.25 Å². The predicted molar refractivity (Wildman–Crippen MR) is 97.7 cm³/mol. The van der Waals surface area contributed by atoms with Crippen molar-refractivity contribution in [1.82, 2.24) is 5.32 Å². The van der Waals surface area contributed by atoms with E-state index in [1.54, 1.807) is 0 Å². The first-order valence-electron chi connectivity index (χ1n) is 8.32. The van der Waals surface area contributed by atoms with Crippen LogP contribution >= 0.6 is 11.8 Å². The molecule has 4 heteroatoms. The number of carbonyl (C=O) groups is 2. The topological polar surface area (TPSA) is 46.2 Å². The van der Waals surface area contributed by atoms with Gasteiger partial charge in [-0.05, 0) is 17.5 Å². The monoisotopic (exact) mass is 339 g/mol. The summed E-state index contributed by atoms with van der Waals surface area (Å²) >= 11 is 1.48. The highest BCUT2D eigenvalue weighted by molar-refractivity contribution is 8.02. The lowest BCUT2D eigenvalue weighted by atomic mass is 9.89. The van der Waals surface area contributed by atoms with Gasteiger partial charge in [-0.15, -0.1) is 11.8 Å². The van der Waals surface area contributed by atoms with E-state index >= 15 is 0 Å². The molecule has 1 unspecified atom stereocenters. The summed E-state index contributed by atoms with van der Waals surface area (Å²) < 4.78 is -0.880. The number of unbranched alkanes of at least 4 members (excludes halogenated alkanes) is 1. The van der Waals surface area contributed by atoms with Gasteiger partial charge in [0.2, 0.25) is 5.91 Å². The zero-order valence-corrected chi connectivity index (χ0v) is 14.5. The van der Waals surface area contributed by atoms with Crippen LogP contribution in [0, 0.1) is 0 Å². The van der Waals surface area contributed by atoms with Crippen molar-refractivity contribution in [3.63, 3.8) is 0 Å². The molecule has 0 bridgehead atoms. The molecule has 0 radical (unpaired) electrons. The number of hydrogen-bond acceptors (Lipinski definition) is 3. The number of carbonyl (C=O) groups excluding carboxylic acids is 2. The predicted octanol–water partition coefficient (Wildman–Crippen LogP) is 3.88. The highest BCUT2D eigenvalue weighted by Gasteiger charge is 2.50. The van der Waals surface area contributed by atoms with Crippen molar-refractivity contribution >= 4 is 23.6 Å². The van der Waals surface area contributed by atoms with E-state index in [-0.39, 0.29) is 17.1 Å². The number of imide groups is 1. The molecular weight excluding hydrogens is 318 g/mol. The second-order valence-electron chi connectivity index (χ2n) is 5.98. The van der Waals surface area contributed by atoms with Crippen molar-refractivity contribution < 1.29 is 9.59 Å². The number of hydrogen-bond donors (Lipinski definition) is 1. The van der Waals surface area contributed by atoms with Crippen LogP contribution in [-0.4, -0.2) is 17.1 Å². The van der Waals surface area contributed by atoms with E-state index in [0.717, 1.165) is 30.4 Å². The van der Waals surface area contributed by atoms with E-state index in [1.165, 1.54) is 11.8 Å². The molecule has 0 aliphatic carbocycles. The molecule has 0 spiro atoms. The van der Waals surface area contributed by atoms with Crippen molar-refractivity contribution in [2.45, 2.75) is 36.2 Å². The lowest BCUT2D eigenvalue weighted by Crippen LogP contribution is -2.54. The minimum atomic E-state index is -0.880. The van der Waals surface area contributed by atoms with E-state index in [0.29, 0.717) is 0 Å². The molecule has 124 valence electrons. The highest BCUT2D eigenvalue weighted by atomic mass is 32.2. The summed E-state index contributed by atoms with van der Waals surface area (Å²) in [4.78, 5) is 25.3. The van der Waals surface area contributed by atoms with E-state index in [2.05, 4.69) is 12.2 Å². The summed E-state index contributed by atoms with van der Waals surface area (Å²) in [6.45, 7) is 2.11. The number of rotatable bonds is 5. The Morgan fingerprint density at radius 2 is 1.50 bits per heavy atom. The normalized spacial score (nSPS) is 19.8. The van der Waals surface area contributed by atoms with Gasteiger partial charge in [-0.3, -0.25) is 14.9 Å². The Kier molecular flexibility index (Phi) is 5.05. The Morgan fingerprint density at radius 3 is 2.00 bits per heavy atom. The van der Waals surface area contributed by atoms with Crippen LogP contribution in [0.5, 0.6) is 0 Å². The smallest absolute Gasteiger partial charge is 0.251 e. The minimum Gasteiger partial charge on any atom is -0.294 e. The first-order valence-corrected chi connectivity index (χ1v) is 9.20. The van der Waals surface area contributed by atoms with Gasteiger partial charge in [0, 0.05) is 0 Å². The largest absolute Gasteiger partial charge is 0.294 e. The van der Waals surface area contributed by atoms with Crippen molar-refractivity contribution in [3.8, 4) is 0 Å². The molecule has 1 atom stereocenters. The first-order chi connectivity index (χ1) is 11.7. The Hall–Kier alpha value is -2.07. The molecule has 3 nitrogen and oxygen atoms in total. The van der Waals surface area contributed by atoms with Crippen molar-refractivity contribution in [2.75, 3.05) is 0 Å². The van der Waals surface area contributed by atoms with Crippen LogP contribution in [0.3, 0.4) is 0 Å². The van der Waals surface area contributed by atoms with Gasteiger partial charge in [-0.1, -0.05) is 80.4 Å². The van der Waals surface area contributed by atoms with Crippen molar-refractivity contribution in [2.24, 2.45) is 0 Å². The van der Waals surface area contributed by atoms with Crippen LogP contribution in [0.1, 0.15) is 37.3 Å². The summed E-state index contributed by atoms with van der Waals surface area (Å²) in [5.74, 6) is -0.413. The second-order valence-corrected chi connectivity index (χ2v) is 7.40. The fourth-order valence-corrected chi connectivity index (χ4v) is 4.67. The summed E-state index contributed by atoms with van der Waals surface area (Å²) in [6, 6.07) is 19.5. The molecule has 2 amide bonds. The molecule has 0 saturated carbocycles. The molecule has 1 fully saturated rings. The zero-order chi connectivity index (χ0) is 17.0. The van der Waals surface area contributed by atoms with Crippen molar-refractivity contribution in [3.05, 3.63) is 71.8 Å². The minimum absolute atomic E-state index is 0.166. The van der Waals surface area contributed by atoms with E-state index in [4.69, 9.17) is 0 Å². The molecule has 2 aromatic rings. The van der Waals surface area contributed by atoms with Crippen LogP contribution in [0.25, 0.3) is 0 Å². The quantitative estimate of drug-likeness (QED) is 0.841. The maximum Gasteiger partial charge on any atom is 0.251 e. The molecule has 24 heavy (non-hydrogen) atoms. The van der Waals surface area contributed by atoms with Crippen LogP contribution in [-0.2, 0) is 14.3 Å². The standard InChI is InChI=1S/C20H21NO2S/c1-2-3-14-17-18(22)21-19(23)20(24-17,15-10-6-4-7-11-15)16-12-8-5-9-13-16/h4-13,17H,2-3,14H2,1H3,(H,21,22,23). The Morgan fingerprint density at radius 1 is 0.958 bits per heavy atom. The first kappa shape index (κ1) is 16.8.